The number of aryl methyl sites for hydroxylation is 1. The third-order valence-electron chi connectivity index (χ3n) is 2.98. The zero-order chi connectivity index (χ0) is 15.0. The van der Waals surface area contributed by atoms with Crippen molar-refractivity contribution in [1.82, 2.24) is 14.5 Å². The summed E-state index contributed by atoms with van der Waals surface area (Å²) < 4.78 is 39.1. The van der Waals surface area contributed by atoms with Crippen LogP contribution in [0.1, 0.15) is 0 Å². The van der Waals surface area contributed by atoms with Crippen molar-refractivity contribution in [2.24, 2.45) is 7.05 Å². The minimum Gasteiger partial charge on any atom is -0.326 e. The first-order chi connectivity index (χ1) is 9.94. The lowest BCUT2D eigenvalue weighted by Gasteiger charge is -2.05. The monoisotopic (exact) mass is 309 g/mol. The summed E-state index contributed by atoms with van der Waals surface area (Å²) in [7, 11) is 1.82. The molecule has 0 N–H and O–H groups in total. The molecule has 0 unspecified atom stereocenters. The summed E-state index contributed by atoms with van der Waals surface area (Å²) in [5.41, 5.74) is -2.33. The summed E-state index contributed by atoms with van der Waals surface area (Å²) in [6, 6.07) is 9.98. The smallest absolute Gasteiger partial charge is 0.326 e. The van der Waals surface area contributed by atoms with E-state index in [9.17, 15) is 13.2 Å². The van der Waals surface area contributed by atoms with Crippen molar-refractivity contribution in [1.29, 1.82) is 0 Å². The Bertz CT molecular complexity index is 781. The number of rotatable bonds is 2. The van der Waals surface area contributed by atoms with Crippen LogP contribution in [0.2, 0.25) is 0 Å². The van der Waals surface area contributed by atoms with Crippen LogP contribution in [-0.2, 0) is 7.05 Å². The summed E-state index contributed by atoms with van der Waals surface area (Å²) in [5.74, 6) is 0.625. The van der Waals surface area contributed by atoms with Crippen molar-refractivity contribution in [2.45, 2.75) is 10.4 Å². The molecule has 21 heavy (non-hydrogen) atoms. The van der Waals surface area contributed by atoms with Crippen molar-refractivity contribution >= 4 is 22.8 Å². The second kappa shape index (κ2) is 5.07. The highest BCUT2D eigenvalue weighted by Crippen LogP contribution is 2.38. The molecule has 0 aliphatic carbocycles. The van der Waals surface area contributed by atoms with Gasteiger partial charge in [0.2, 0.25) is 0 Å². The van der Waals surface area contributed by atoms with Crippen LogP contribution < -0.4 is 0 Å². The van der Waals surface area contributed by atoms with Crippen LogP contribution in [0.25, 0.3) is 22.6 Å². The minimum absolute atomic E-state index is 0.126. The minimum atomic E-state index is -4.30. The molecule has 0 amide bonds. The van der Waals surface area contributed by atoms with Gasteiger partial charge in [0.1, 0.15) is 5.69 Å². The normalized spacial score (nSPS) is 12.0. The number of nitrogens with zero attached hydrogens (tertiary/aromatic N) is 3. The van der Waals surface area contributed by atoms with Crippen LogP contribution in [0.4, 0.5) is 13.2 Å². The number of aromatic nitrogens is 3. The summed E-state index contributed by atoms with van der Waals surface area (Å²) >= 11 is -0.138. The fourth-order valence-electron chi connectivity index (χ4n) is 2.10. The van der Waals surface area contributed by atoms with Crippen LogP contribution in [0.3, 0.4) is 0 Å². The quantitative estimate of drug-likeness (QED) is 0.663. The summed E-state index contributed by atoms with van der Waals surface area (Å²) in [4.78, 5) is 8.74. The second-order valence-electron chi connectivity index (χ2n) is 4.41. The molecule has 3 aromatic rings. The van der Waals surface area contributed by atoms with Gasteiger partial charge in [-0.05, 0) is 42.1 Å². The number of fused-ring (bicyclic) bond motifs is 1. The molecule has 0 bridgehead atoms. The van der Waals surface area contributed by atoms with Crippen LogP contribution in [0.15, 0.2) is 47.5 Å². The molecule has 0 saturated heterocycles. The number of hydrogen-bond acceptors (Lipinski definition) is 3. The van der Waals surface area contributed by atoms with E-state index in [1.807, 2.05) is 23.7 Å². The second-order valence-corrected chi connectivity index (χ2v) is 5.55. The van der Waals surface area contributed by atoms with E-state index < -0.39 is 5.51 Å². The van der Waals surface area contributed by atoms with Crippen molar-refractivity contribution in [2.75, 3.05) is 0 Å². The van der Waals surface area contributed by atoms with Crippen LogP contribution >= 0.6 is 11.8 Å². The molecular formula is C14H10F3N3S. The SMILES string of the molecule is Cn1c(-c2ccccn2)nc2cc(SC(F)(F)F)ccc21. The summed E-state index contributed by atoms with van der Waals surface area (Å²) in [5, 5.41) is 0. The lowest BCUT2D eigenvalue weighted by molar-refractivity contribution is -0.0328. The molecule has 2 heterocycles. The summed E-state index contributed by atoms with van der Waals surface area (Å²) in [6.45, 7) is 0. The van der Waals surface area contributed by atoms with Crippen LogP contribution in [0.5, 0.6) is 0 Å². The highest BCUT2D eigenvalue weighted by molar-refractivity contribution is 8.00. The molecule has 108 valence electrons. The van der Waals surface area contributed by atoms with Gasteiger partial charge in [0.05, 0.1) is 11.0 Å². The van der Waals surface area contributed by atoms with E-state index in [0.717, 1.165) is 5.52 Å². The molecular weight excluding hydrogens is 299 g/mol. The van der Waals surface area contributed by atoms with Crippen molar-refractivity contribution < 1.29 is 13.2 Å². The Kier molecular flexibility index (Phi) is 3.36. The predicted octanol–water partition coefficient (Wildman–Crippen LogP) is 4.25. The van der Waals surface area contributed by atoms with Gasteiger partial charge in [-0.2, -0.15) is 13.2 Å². The maximum Gasteiger partial charge on any atom is 0.446 e. The largest absolute Gasteiger partial charge is 0.446 e. The fourth-order valence-corrected chi connectivity index (χ4v) is 2.67. The van der Waals surface area contributed by atoms with Gasteiger partial charge in [0.15, 0.2) is 5.82 Å². The Labute approximate surface area is 122 Å². The summed E-state index contributed by atoms with van der Waals surface area (Å²) in [6.07, 6.45) is 1.65. The average molecular weight is 309 g/mol. The molecule has 3 rings (SSSR count). The third kappa shape index (κ3) is 2.87. The number of alkyl halides is 3. The van der Waals surface area contributed by atoms with E-state index in [1.54, 1.807) is 18.3 Å². The molecule has 0 fully saturated rings. The van der Waals surface area contributed by atoms with E-state index in [-0.39, 0.29) is 16.7 Å². The van der Waals surface area contributed by atoms with Gasteiger partial charge in [-0.15, -0.1) is 0 Å². The zero-order valence-corrected chi connectivity index (χ0v) is 11.7. The molecule has 0 aliphatic rings. The van der Waals surface area contributed by atoms with E-state index in [1.165, 1.54) is 12.1 Å². The van der Waals surface area contributed by atoms with Crippen molar-refractivity contribution in [3.05, 3.63) is 42.6 Å². The molecule has 0 saturated carbocycles. The lowest BCUT2D eigenvalue weighted by Crippen LogP contribution is -1.98. The number of pyridine rings is 1. The molecule has 0 atom stereocenters. The molecule has 0 radical (unpaired) electrons. The van der Waals surface area contributed by atoms with Gasteiger partial charge < -0.3 is 4.57 Å². The van der Waals surface area contributed by atoms with Gasteiger partial charge in [-0.25, -0.2) is 4.98 Å². The maximum atomic E-state index is 12.4. The number of hydrogen-bond donors (Lipinski definition) is 0. The topological polar surface area (TPSA) is 30.7 Å². The first-order valence-electron chi connectivity index (χ1n) is 6.08. The Morgan fingerprint density at radius 2 is 1.95 bits per heavy atom. The molecule has 3 nitrogen and oxygen atoms in total. The molecule has 7 heteroatoms. The molecule has 0 aliphatic heterocycles. The first-order valence-corrected chi connectivity index (χ1v) is 6.89. The maximum absolute atomic E-state index is 12.4. The van der Waals surface area contributed by atoms with Gasteiger partial charge >= 0.3 is 5.51 Å². The van der Waals surface area contributed by atoms with Gasteiger partial charge in [0, 0.05) is 18.1 Å². The number of halogens is 3. The molecule has 0 spiro atoms. The van der Waals surface area contributed by atoms with Gasteiger partial charge in [0.25, 0.3) is 0 Å². The standard InChI is InChI=1S/C14H10F3N3S/c1-20-12-6-5-9(21-14(15,16)17)8-11(12)19-13(20)10-4-2-3-7-18-10/h2-8H,1H3. The predicted molar refractivity (Wildman–Crippen MR) is 75.9 cm³/mol. The van der Waals surface area contributed by atoms with E-state index in [2.05, 4.69) is 9.97 Å². The Morgan fingerprint density at radius 3 is 2.62 bits per heavy atom. The van der Waals surface area contributed by atoms with E-state index in [4.69, 9.17) is 0 Å². The fraction of sp³-hybridized carbons (Fsp3) is 0.143. The Morgan fingerprint density at radius 1 is 1.14 bits per heavy atom. The van der Waals surface area contributed by atoms with Crippen LogP contribution in [-0.4, -0.2) is 20.0 Å². The number of thioether (sulfide) groups is 1. The molecule has 1 aromatic carbocycles. The molecule has 2 aromatic heterocycles. The first kappa shape index (κ1) is 13.9. The van der Waals surface area contributed by atoms with Gasteiger partial charge in [-0.3, -0.25) is 4.98 Å². The number of imidazole rings is 1. The lowest BCUT2D eigenvalue weighted by atomic mass is 10.3. The Balaban J connectivity index is 2.08. The highest BCUT2D eigenvalue weighted by Gasteiger charge is 2.29. The zero-order valence-electron chi connectivity index (χ0n) is 10.9. The van der Waals surface area contributed by atoms with Gasteiger partial charge in [-0.1, -0.05) is 6.07 Å². The van der Waals surface area contributed by atoms with Crippen molar-refractivity contribution in [3.8, 4) is 11.5 Å². The number of benzene rings is 1. The highest BCUT2D eigenvalue weighted by atomic mass is 32.2. The van der Waals surface area contributed by atoms with Crippen molar-refractivity contribution in [3.63, 3.8) is 0 Å². The average Bonchev–Trinajstić information content (AvgIpc) is 2.75. The third-order valence-corrected chi connectivity index (χ3v) is 3.70. The van der Waals surface area contributed by atoms with E-state index >= 15 is 0 Å². The van der Waals surface area contributed by atoms with E-state index in [0.29, 0.717) is 17.0 Å². The van der Waals surface area contributed by atoms with Crippen LogP contribution in [0, 0.1) is 0 Å². The Hall–Kier alpha value is -2.02.